The number of nitrogens with one attached hydrogen (secondary N) is 2. The Morgan fingerprint density at radius 1 is 0.963 bits per heavy atom. The molecule has 3 aromatic carbocycles. The molecule has 0 bridgehead atoms. The maximum Gasteiger partial charge on any atom is 0.248 e. The van der Waals surface area contributed by atoms with Crippen molar-refractivity contribution < 1.29 is 4.79 Å². The number of para-hydroxylation sites is 2. The molecule has 0 spiro atoms. The normalized spacial score (nSPS) is 10.7. The van der Waals surface area contributed by atoms with Crippen LogP contribution in [0.5, 0.6) is 0 Å². The Kier molecular flexibility index (Phi) is 6.28. The topological polar surface area (TPSA) is 67.1 Å². The Bertz CT molecular complexity index is 935. The van der Waals surface area contributed by atoms with Crippen LogP contribution < -0.4 is 16.4 Å². The fraction of sp³-hybridized carbons (Fsp3) is 0.0455. The second-order valence-electron chi connectivity index (χ2n) is 6.01. The predicted octanol–water partition coefficient (Wildman–Crippen LogP) is 5.30. The van der Waals surface area contributed by atoms with Crippen molar-refractivity contribution in [3.8, 4) is 0 Å². The number of hydrogen-bond donors (Lipinski definition) is 3. The van der Waals surface area contributed by atoms with Crippen LogP contribution in [0, 0.1) is 0 Å². The highest BCUT2D eigenvalue weighted by Crippen LogP contribution is 2.17. The first-order valence-corrected chi connectivity index (χ1v) is 9.31. The van der Waals surface area contributed by atoms with Gasteiger partial charge in [0.2, 0.25) is 5.91 Å². The lowest BCUT2D eigenvalue weighted by Crippen LogP contribution is -2.09. The van der Waals surface area contributed by atoms with Crippen LogP contribution >= 0.6 is 15.9 Å². The Morgan fingerprint density at radius 2 is 1.67 bits per heavy atom. The summed E-state index contributed by atoms with van der Waals surface area (Å²) in [6.45, 7) is 0.736. The number of amides is 1. The van der Waals surface area contributed by atoms with Gasteiger partial charge in [0, 0.05) is 22.8 Å². The molecule has 4 N–H and O–H groups in total. The molecule has 0 aliphatic rings. The fourth-order valence-electron chi connectivity index (χ4n) is 2.48. The highest BCUT2D eigenvalue weighted by atomic mass is 79.9. The van der Waals surface area contributed by atoms with Gasteiger partial charge < -0.3 is 16.4 Å². The van der Waals surface area contributed by atoms with E-state index in [0.717, 1.165) is 27.8 Å². The number of rotatable bonds is 6. The minimum Gasteiger partial charge on any atom is -0.397 e. The number of carbonyl (C=O) groups excluding carboxylic acids is 1. The lowest BCUT2D eigenvalue weighted by Gasteiger charge is -2.07. The van der Waals surface area contributed by atoms with E-state index in [4.69, 9.17) is 5.73 Å². The molecule has 3 rings (SSSR count). The molecule has 3 aromatic rings. The molecule has 0 aliphatic carbocycles. The number of hydrogen-bond acceptors (Lipinski definition) is 3. The molecular weight excluding hydrogens is 402 g/mol. The number of nitrogens with two attached hydrogens (primary N) is 1. The quantitative estimate of drug-likeness (QED) is 0.373. The molecule has 0 radical (unpaired) electrons. The fourth-order valence-corrected chi connectivity index (χ4v) is 2.74. The summed E-state index contributed by atoms with van der Waals surface area (Å²) in [6, 6.07) is 23.3. The van der Waals surface area contributed by atoms with E-state index in [1.807, 2.05) is 60.7 Å². The Labute approximate surface area is 167 Å². The molecule has 0 fully saturated rings. The van der Waals surface area contributed by atoms with Crippen LogP contribution in [0.1, 0.15) is 11.1 Å². The SMILES string of the molecule is Nc1ccccc1NC(=O)/C=C/c1ccc(CNc2ccc(Br)cc2)cc1. The summed E-state index contributed by atoms with van der Waals surface area (Å²) in [5, 5.41) is 6.15. The average molecular weight is 422 g/mol. The predicted molar refractivity (Wildman–Crippen MR) is 116 cm³/mol. The third-order valence-corrected chi connectivity index (χ3v) is 4.50. The second-order valence-corrected chi connectivity index (χ2v) is 6.93. The summed E-state index contributed by atoms with van der Waals surface area (Å²) in [5.41, 5.74) is 10.2. The molecule has 0 aliphatic heterocycles. The van der Waals surface area contributed by atoms with Crippen molar-refractivity contribution in [1.29, 1.82) is 0 Å². The van der Waals surface area contributed by atoms with Crippen molar-refractivity contribution in [1.82, 2.24) is 0 Å². The zero-order valence-electron chi connectivity index (χ0n) is 14.7. The van der Waals surface area contributed by atoms with Gasteiger partial charge in [0.15, 0.2) is 0 Å². The summed E-state index contributed by atoms with van der Waals surface area (Å²) < 4.78 is 1.06. The highest BCUT2D eigenvalue weighted by Gasteiger charge is 2.01. The third-order valence-electron chi connectivity index (χ3n) is 3.97. The molecule has 27 heavy (non-hydrogen) atoms. The van der Waals surface area contributed by atoms with E-state index in [9.17, 15) is 4.79 Å². The summed E-state index contributed by atoms with van der Waals surface area (Å²) in [6.07, 6.45) is 3.28. The lowest BCUT2D eigenvalue weighted by molar-refractivity contribution is -0.111. The van der Waals surface area contributed by atoms with E-state index in [-0.39, 0.29) is 5.91 Å². The van der Waals surface area contributed by atoms with Gasteiger partial charge in [0.05, 0.1) is 11.4 Å². The van der Waals surface area contributed by atoms with Crippen LogP contribution in [0.3, 0.4) is 0 Å². The molecular formula is C22H20BrN3O. The van der Waals surface area contributed by atoms with Crippen molar-refractivity contribution >= 4 is 45.0 Å². The molecule has 0 aromatic heterocycles. The van der Waals surface area contributed by atoms with Gasteiger partial charge in [-0.1, -0.05) is 52.3 Å². The monoisotopic (exact) mass is 421 g/mol. The lowest BCUT2D eigenvalue weighted by atomic mass is 10.1. The van der Waals surface area contributed by atoms with Gasteiger partial charge in [-0.2, -0.15) is 0 Å². The second kappa shape index (κ2) is 9.05. The minimum absolute atomic E-state index is 0.214. The van der Waals surface area contributed by atoms with Crippen molar-refractivity contribution in [3.05, 3.63) is 94.5 Å². The van der Waals surface area contributed by atoms with Crippen LogP contribution in [0.25, 0.3) is 6.08 Å². The standard InChI is InChI=1S/C22H20BrN3O/c23-18-10-12-19(13-11-18)25-15-17-7-5-16(6-8-17)9-14-22(27)26-21-4-2-1-3-20(21)24/h1-14,25H,15,24H2,(H,26,27)/b14-9+. The van der Waals surface area contributed by atoms with Gasteiger partial charge in [-0.05, 0) is 53.6 Å². The van der Waals surface area contributed by atoms with Gasteiger partial charge >= 0.3 is 0 Å². The molecule has 4 nitrogen and oxygen atoms in total. The molecule has 0 saturated carbocycles. The van der Waals surface area contributed by atoms with Crippen molar-refractivity contribution in [2.75, 3.05) is 16.4 Å². The van der Waals surface area contributed by atoms with E-state index >= 15 is 0 Å². The minimum atomic E-state index is -0.214. The first kappa shape index (κ1) is 18.7. The van der Waals surface area contributed by atoms with Crippen LogP contribution in [0.4, 0.5) is 17.1 Å². The van der Waals surface area contributed by atoms with E-state index in [1.165, 1.54) is 6.08 Å². The molecule has 136 valence electrons. The van der Waals surface area contributed by atoms with Gasteiger partial charge in [0.1, 0.15) is 0 Å². The van der Waals surface area contributed by atoms with Gasteiger partial charge in [-0.15, -0.1) is 0 Å². The Hall–Kier alpha value is -3.05. The molecule has 0 heterocycles. The van der Waals surface area contributed by atoms with Crippen LogP contribution in [-0.2, 0) is 11.3 Å². The summed E-state index contributed by atoms with van der Waals surface area (Å²) in [5.74, 6) is -0.214. The molecule has 0 saturated heterocycles. The number of benzene rings is 3. The van der Waals surface area contributed by atoms with Gasteiger partial charge in [-0.25, -0.2) is 0 Å². The largest absolute Gasteiger partial charge is 0.397 e. The summed E-state index contributed by atoms with van der Waals surface area (Å²) in [7, 11) is 0. The van der Waals surface area contributed by atoms with E-state index < -0.39 is 0 Å². The molecule has 0 atom stereocenters. The molecule has 1 amide bonds. The van der Waals surface area contributed by atoms with E-state index in [0.29, 0.717) is 11.4 Å². The zero-order valence-corrected chi connectivity index (χ0v) is 16.2. The van der Waals surface area contributed by atoms with Crippen molar-refractivity contribution in [2.45, 2.75) is 6.54 Å². The third kappa shape index (κ3) is 5.72. The van der Waals surface area contributed by atoms with Gasteiger partial charge in [0.25, 0.3) is 0 Å². The van der Waals surface area contributed by atoms with Crippen LogP contribution in [0.2, 0.25) is 0 Å². The smallest absolute Gasteiger partial charge is 0.248 e. The first-order valence-electron chi connectivity index (χ1n) is 8.52. The number of carbonyl (C=O) groups is 1. The van der Waals surface area contributed by atoms with Crippen LogP contribution in [0.15, 0.2) is 83.3 Å². The maximum atomic E-state index is 12.0. The van der Waals surface area contributed by atoms with Crippen molar-refractivity contribution in [3.63, 3.8) is 0 Å². The summed E-state index contributed by atoms with van der Waals surface area (Å²) in [4.78, 5) is 12.0. The molecule has 0 unspecified atom stereocenters. The highest BCUT2D eigenvalue weighted by molar-refractivity contribution is 9.10. The summed E-state index contributed by atoms with van der Waals surface area (Å²) >= 11 is 3.43. The maximum absolute atomic E-state index is 12.0. The van der Waals surface area contributed by atoms with Crippen LogP contribution in [-0.4, -0.2) is 5.91 Å². The zero-order chi connectivity index (χ0) is 19.1. The van der Waals surface area contributed by atoms with Gasteiger partial charge in [-0.3, -0.25) is 4.79 Å². The molecule has 5 heteroatoms. The van der Waals surface area contributed by atoms with E-state index in [1.54, 1.807) is 18.2 Å². The Morgan fingerprint density at radius 3 is 2.37 bits per heavy atom. The number of nitrogen functional groups attached to an aromatic ring is 1. The van der Waals surface area contributed by atoms with E-state index in [2.05, 4.69) is 26.6 Å². The number of halogens is 1. The number of anilines is 3. The Balaban J connectivity index is 1.53. The average Bonchev–Trinajstić information content (AvgIpc) is 2.68. The first-order chi connectivity index (χ1) is 13.1. The van der Waals surface area contributed by atoms with Crippen molar-refractivity contribution in [2.24, 2.45) is 0 Å².